The number of halogens is 4. The number of nitrogens with zero attached hydrogens (tertiary/aromatic N) is 3. The number of aromatic nitrogens is 3. The molecule has 0 saturated heterocycles. The molecule has 0 spiro atoms. The van der Waals surface area contributed by atoms with E-state index in [1.54, 1.807) is 0 Å². The van der Waals surface area contributed by atoms with E-state index in [4.69, 9.17) is 16.3 Å². The van der Waals surface area contributed by atoms with E-state index in [1.807, 2.05) is 0 Å². The summed E-state index contributed by atoms with van der Waals surface area (Å²) < 4.78 is 45.6. The highest BCUT2D eigenvalue weighted by atomic mass is 35.5. The van der Waals surface area contributed by atoms with Crippen LogP contribution in [-0.2, 0) is 10.9 Å². The summed E-state index contributed by atoms with van der Waals surface area (Å²) in [4.78, 5) is 11.8. The second kappa shape index (κ2) is 7.39. The van der Waals surface area contributed by atoms with Crippen LogP contribution in [0.25, 0.3) is 10.9 Å². The minimum absolute atomic E-state index is 0.0436. The number of hydrogen-bond donors (Lipinski definition) is 1. The van der Waals surface area contributed by atoms with Gasteiger partial charge in [0.2, 0.25) is 5.95 Å². The van der Waals surface area contributed by atoms with Gasteiger partial charge in [-0.15, -0.1) is 0 Å². The Bertz CT molecular complexity index is 820. The molecular formula is C18H20ClF3N4O. The van der Waals surface area contributed by atoms with Crippen molar-refractivity contribution in [2.75, 3.05) is 11.9 Å². The van der Waals surface area contributed by atoms with E-state index in [2.05, 4.69) is 20.3 Å². The van der Waals surface area contributed by atoms with Crippen LogP contribution in [0.4, 0.5) is 19.1 Å². The van der Waals surface area contributed by atoms with Crippen molar-refractivity contribution >= 4 is 28.5 Å². The third-order valence-electron chi connectivity index (χ3n) is 5.15. The molecule has 2 aliphatic carbocycles. The Morgan fingerprint density at radius 1 is 1.07 bits per heavy atom. The highest BCUT2D eigenvalue weighted by molar-refractivity contribution is 6.34. The Hall–Kier alpha value is -1.67. The Labute approximate surface area is 159 Å². The minimum Gasteiger partial charge on any atom is -0.378 e. The van der Waals surface area contributed by atoms with Crippen LogP contribution in [0, 0.1) is 5.92 Å². The van der Waals surface area contributed by atoms with Gasteiger partial charge in [0.25, 0.3) is 0 Å². The first-order chi connectivity index (χ1) is 12.9. The summed E-state index contributed by atoms with van der Waals surface area (Å²) >= 11 is 5.90. The molecule has 27 heavy (non-hydrogen) atoms. The van der Waals surface area contributed by atoms with Gasteiger partial charge in [-0.05, 0) is 44.4 Å². The fraction of sp³-hybridized carbons (Fsp3) is 0.611. The number of nitrogens with one attached hydrogen (secondary N) is 1. The number of alkyl halides is 3. The summed E-state index contributed by atoms with van der Waals surface area (Å²) in [6.45, 7) is 0.853. The maximum Gasteiger partial charge on any atom is 0.419 e. The first-order valence-corrected chi connectivity index (χ1v) is 9.54. The number of hydrogen-bond acceptors (Lipinski definition) is 5. The summed E-state index contributed by atoms with van der Waals surface area (Å²) in [7, 11) is 0. The zero-order chi connectivity index (χ0) is 19.0. The molecule has 2 aromatic rings. The van der Waals surface area contributed by atoms with Crippen LogP contribution in [0.2, 0.25) is 5.15 Å². The number of anilines is 1. The lowest BCUT2D eigenvalue weighted by atomic mass is 9.93. The second-order valence-corrected chi connectivity index (χ2v) is 7.67. The monoisotopic (exact) mass is 400 g/mol. The maximum atomic E-state index is 13.2. The molecule has 2 saturated carbocycles. The Balaban J connectivity index is 1.45. The van der Waals surface area contributed by atoms with Crippen LogP contribution in [0.5, 0.6) is 0 Å². The molecule has 2 aromatic heterocycles. The smallest absolute Gasteiger partial charge is 0.378 e. The van der Waals surface area contributed by atoms with Gasteiger partial charge < -0.3 is 10.1 Å². The molecular weight excluding hydrogens is 381 g/mol. The highest BCUT2D eigenvalue weighted by Crippen LogP contribution is 2.36. The van der Waals surface area contributed by atoms with Gasteiger partial charge in [0.15, 0.2) is 0 Å². The number of rotatable bonds is 5. The zero-order valence-electron chi connectivity index (χ0n) is 14.6. The predicted octanol–water partition coefficient (Wildman–Crippen LogP) is 4.85. The summed E-state index contributed by atoms with van der Waals surface area (Å²) in [5.74, 6) is 0.925. The third kappa shape index (κ3) is 4.43. The summed E-state index contributed by atoms with van der Waals surface area (Å²) in [6, 6.07) is 0.120. The van der Waals surface area contributed by atoms with Gasteiger partial charge in [0.1, 0.15) is 10.7 Å². The van der Waals surface area contributed by atoms with E-state index in [0.717, 1.165) is 38.2 Å². The lowest BCUT2D eigenvalue weighted by Gasteiger charge is -2.29. The third-order valence-corrected chi connectivity index (χ3v) is 5.45. The lowest BCUT2D eigenvalue weighted by Crippen LogP contribution is -2.30. The summed E-state index contributed by atoms with van der Waals surface area (Å²) in [5.41, 5.74) is -1.15. The first-order valence-electron chi connectivity index (χ1n) is 9.16. The standard InChI is InChI=1S/C18H20ClF3N4O/c19-16-13-7-24-17(26-15(13)14(8-23-16)18(20,21)22)25-11-3-5-12(6-4-11)27-9-10-1-2-10/h7-8,10-12H,1-6,9H2,(H,24,25,26)/t11-,12-. The molecule has 146 valence electrons. The molecule has 4 rings (SSSR count). The van der Waals surface area contributed by atoms with Crippen molar-refractivity contribution in [1.82, 2.24) is 15.0 Å². The van der Waals surface area contributed by atoms with Crippen molar-refractivity contribution in [2.45, 2.75) is 56.8 Å². The number of ether oxygens (including phenoxy) is 1. The van der Waals surface area contributed by atoms with Crippen LogP contribution in [-0.4, -0.2) is 33.7 Å². The maximum absolute atomic E-state index is 13.2. The molecule has 0 bridgehead atoms. The van der Waals surface area contributed by atoms with E-state index >= 15 is 0 Å². The van der Waals surface area contributed by atoms with Gasteiger partial charge in [-0.3, -0.25) is 0 Å². The van der Waals surface area contributed by atoms with Crippen LogP contribution < -0.4 is 5.32 Å². The first kappa shape index (κ1) is 18.7. The average molecular weight is 401 g/mol. The van der Waals surface area contributed by atoms with Gasteiger partial charge in [-0.1, -0.05) is 11.6 Å². The number of pyridine rings is 1. The molecule has 0 aliphatic heterocycles. The van der Waals surface area contributed by atoms with Crippen molar-refractivity contribution in [3.8, 4) is 0 Å². The van der Waals surface area contributed by atoms with Gasteiger partial charge >= 0.3 is 6.18 Å². The topological polar surface area (TPSA) is 59.9 Å². The van der Waals surface area contributed by atoms with Crippen molar-refractivity contribution in [3.05, 3.63) is 23.1 Å². The zero-order valence-corrected chi connectivity index (χ0v) is 15.4. The minimum atomic E-state index is -4.56. The van der Waals surface area contributed by atoms with Gasteiger partial charge in [-0.2, -0.15) is 13.2 Å². The molecule has 0 amide bonds. The largest absolute Gasteiger partial charge is 0.419 e. The molecule has 0 aromatic carbocycles. The van der Waals surface area contributed by atoms with Crippen LogP contribution >= 0.6 is 11.6 Å². The lowest BCUT2D eigenvalue weighted by molar-refractivity contribution is -0.136. The van der Waals surface area contributed by atoms with Crippen LogP contribution in [0.3, 0.4) is 0 Å². The van der Waals surface area contributed by atoms with E-state index in [0.29, 0.717) is 6.20 Å². The molecule has 2 aliphatic rings. The van der Waals surface area contributed by atoms with E-state index < -0.39 is 11.7 Å². The predicted molar refractivity (Wildman–Crippen MR) is 95.7 cm³/mol. The molecule has 0 radical (unpaired) electrons. The van der Waals surface area contributed by atoms with Crippen molar-refractivity contribution in [2.24, 2.45) is 5.92 Å². The van der Waals surface area contributed by atoms with Crippen molar-refractivity contribution in [3.63, 3.8) is 0 Å². The number of fused-ring (bicyclic) bond motifs is 1. The Kier molecular flexibility index (Phi) is 5.11. The molecule has 9 heteroatoms. The highest BCUT2D eigenvalue weighted by Gasteiger charge is 2.35. The average Bonchev–Trinajstić information content (AvgIpc) is 3.45. The Morgan fingerprint density at radius 3 is 2.48 bits per heavy atom. The van der Waals surface area contributed by atoms with E-state index in [1.165, 1.54) is 19.0 Å². The summed E-state index contributed by atoms with van der Waals surface area (Å²) in [5, 5.41) is 3.21. The summed E-state index contributed by atoms with van der Waals surface area (Å²) in [6.07, 6.45) is 3.89. The molecule has 0 unspecified atom stereocenters. The molecule has 0 atom stereocenters. The normalized spacial score (nSPS) is 23.6. The van der Waals surface area contributed by atoms with Crippen molar-refractivity contribution in [1.29, 1.82) is 0 Å². The quantitative estimate of drug-likeness (QED) is 0.727. The van der Waals surface area contributed by atoms with Gasteiger partial charge in [0, 0.05) is 25.0 Å². The molecule has 2 fully saturated rings. The van der Waals surface area contributed by atoms with Gasteiger partial charge in [-0.25, -0.2) is 15.0 Å². The fourth-order valence-corrected chi connectivity index (χ4v) is 3.57. The van der Waals surface area contributed by atoms with Gasteiger partial charge in [0.05, 0.1) is 17.0 Å². The Morgan fingerprint density at radius 2 is 1.81 bits per heavy atom. The van der Waals surface area contributed by atoms with Crippen LogP contribution in [0.15, 0.2) is 12.4 Å². The molecule has 2 heterocycles. The molecule has 5 nitrogen and oxygen atoms in total. The molecule has 1 N–H and O–H groups in total. The van der Waals surface area contributed by atoms with Crippen molar-refractivity contribution < 1.29 is 17.9 Å². The second-order valence-electron chi connectivity index (χ2n) is 7.31. The SMILES string of the molecule is FC(F)(F)c1cnc(Cl)c2cnc(N[C@H]3CC[C@H](OCC4CC4)CC3)nc12. The van der Waals surface area contributed by atoms with E-state index in [-0.39, 0.29) is 34.2 Å². The van der Waals surface area contributed by atoms with E-state index in [9.17, 15) is 13.2 Å². The fourth-order valence-electron chi connectivity index (χ4n) is 3.38. The van der Waals surface area contributed by atoms with Crippen LogP contribution in [0.1, 0.15) is 44.1 Å².